The summed E-state index contributed by atoms with van der Waals surface area (Å²) in [5.74, 6) is 0.850. The van der Waals surface area contributed by atoms with Crippen LogP contribution in [0.25, 0.3) is 77.2 Å². The van der Waals surface area contributed by atoms with Gasteiger partial charge in [-0.2, -0.15) is 0 Å². The van der Waals surface area contributed by atoms with Crippen LogP contribution in [0.4, 0.5) is 0 Å². The zero-order valence-corrected chi connectivity index (χ0v) is 33.6. The van der Waals surface area contributed by atoms with Gasteiger partial charge in [-0.05, 0) is 127 Å². The summed E-state index contributed by atoms with van der Waals surface area (Å²) in [6.45, 7) is 8.00. The minimum absolute atomic E-state index is 0.850. The van der Waals surface area contributed by atoms with E-state index in [4.69, 9.17) is 4.74 Å². The maximum absolute atomic E-state index is 5.42. The lowest BCUT2D eigenvalue weighted by Crippen LogP contribution is -1.94. The molecule has 2 aromatic heterocycles. The van der Waals surface area contributed by atoms with Gasteiger partial charge in [0.1, 0.15) is 5.75 Å². The molecule has 4 heteroatoms. The summed E-state index contributed by atoms with van der Waals surface area (Å²) in [5, 5.41) is 4.96. The fraction of sp³-hybridized carbons (Fsp3) is 0.0980. The predicted octanol–water partition coefficient (Wildman–Crippen LogP) is 15.2. The van der Waals surface area contributed by atoms with Crippen molar-refractivity contribution in [2.24, 2.45) is 0 Å². The number of hydrogen-bond acceptors (Lipinski definition) is 1. The van der Waals surface area contributed by atoms with E-state index in [-0.39, 0.29) is 0 Å². The van der Waals surface area contributed by atoms with Crippen molar-refractivity contribution in [2.45, 2.75) is 27.7 Å². The number of para-hydroxylation sites is 3. The van der Waals surface area contributed by atoms with Crippen molar-refractivity contribution in [3.63, 3.8) is 0 Å². The van der Waals surface area contributed by atoms with Gasteiger partial charge in [-0.3, -0.25) is 0 Å². The topological polar surface area (TPSA) is 19.1 Å². The first-order valence-electron chi connectivity index (χ1n) is 18.9. The molecule has 2 heterocycles. The van der Waals surface area contributed by atoms with E-state index >= 15 is 0 Å². The average Bonchev–Trinajstić information content (AvgIpc) is 3.76. The molecule has 0 aliphatic rings. The molecule has 9 rings (SSSR count). The third kappa shape index (κ3) is 7.38. The van der Waals surface area contributed by atoms with Crippen LogP contribution < -0.4 is 4.74 Å². The Balaban J connectivity index is 0.000000533. The van der Waals surface area contributed by atoms with E-state index in [0.717, 1.165) is 15.9 Å². The zero-order valence-electron chi connectivity index (χ0n) is 32.0. The maximum Gasteiger partial charge on any atom is 0.119 e. The van der Waals surface area contributed by atoms with Gasteiger partial charge in [-0.25, -0.2) is 0 Å². The summed E-state index contributed by atoms with van der Waals surface area (Å²) in [7, 11) is 1.70. The van der Waals surface area contributed by atoms with Crippen LogP contribution in [0.3, 0.4) is 0 Å². The van der Waals surface area contributed by atoms with Crippen LogP contribution in [0.2, 0.25) is 0 Å². The SMILES string of the molecule is C/C=C\C=C/C.CC.COc1ccc(-n2c3ccccc3c3cc(-c4cc(Br)cc(-c5ccc6c(c5)c5ccccc5n6-c5ccccc5)c4)ccc32)cc1. The number of halogens is 1. The van der Waals surface area contributed by atoms with Gasteiger partial charge in [-0.15, -0.1) is 0 Å². The summed E-state index contributed by atoms with van der Waals surface area (Å²) < 4.78 is 11.2. The van der Waals surface area contributed by atoms with Crippen molar-refractivity contribution >= 4 is 59.5 Å². The second-order valence-corrected chi connectivity index (χ2v) is 13.9. The molecule has 0 bridgehead atoms. The number of rotatable bonds is 6. The van der Waals surface area contributed by atoms with Crippen molar-refractivity contribution in [1.82, 2.24) is 9.13 Å². The number of ether oxygens (including phenoxy) is 1. The molecule has 0 radical (unpaired) electrons. The quantitative estimate of drug-likeness (QED) is 0.154. The van der Waals surface area contributed by atoms with Gasteiger partial charge < -0.3 is 13.9 Å². The molecular formula is C51H45BrN2O. The fourth-order valence-electron chi connectivity index (χ4n) is 7.31. The minimum Gasteiger partial charge on any atom is -0.497 e. The van der Waals surface area contributed by atoms with E-state index in [1.807, 2.05) is 64.1 Å². The maximum atomic E-state index is 5.42. The highest BCUT2D eigenvalue weighted by molar-refractivity contribution is 9.10. The number of fused-ring (bicyclic) bond motifs is 6. The number of methoxy groups -OCH3 is 1. The van der Waals surface area contributed by atoms with E-state index in [0.29, 0.717) is 0 Å². The Hall–Kier alpha value is -6.10. The molecule has 0 amide bonds. The van der Waals surface area contributed by atoms with Crippen LogP contribution in [0, 0.1) is 0 Å². The van der Waals surface area contributed by atoms with Gasteiger partial charge in [0.2, 0.25) is 0 Å². The molecule has 0 saturated carbocycles. The van der Waals surface area contributed by atoms with Crippen molar-refractivity contribution in [2.75, 3.05) is 7.11 Å². The highest BCUT2D eigenvalue weighted by Crippen LogP contribution is 2.39. The first kappa shape index (κ1) is 37.2. The van der Waals surface area contributed by atoms with E-state index in [1.165, 1.54) is 71.6 Å². The highest BCUT2D eigenvalue weighted by atomic mass is 79.9. The van der Waals surface area contributed by atoms with Gasteiger partial charge in [0.25, 0.3) is 0 Å². The largest absolute Gasteiger partial charge is 0.497 e. The fourth-order valence-corrected chi connectivity index (χ4v) is 7.81. The molecule has 3 nitrogen and oxygen atoms in total. The molecule has 0 unspecified atom stereocenters. The molecule has 0 fully saturated rings. The van der Waals surface area contributed by atoms with Gasteiger partial charge in [-0.1, -0.05) is 121 Å². The number of aromatic nitrogens is 2. The monoisotopic (exact) mass is 780 g/mol. The Morgan fingerprint density at radius 1 is 0.436 bits per heavy atom. The van der Waals surface area contributed by atoms with Gasteiger partial charge in [0.05, 0.1) is 29.2 Å². The van der Waals surface area contributed by atoms with Crippen molar-refractivity contribution in [3.05, 3.63) is 187 Å². The third-order valence-electron chi connectivity index (χ3n) is 9.75. The third-order valence-corrected chi connectivity index (χ3v) is 10.2. The molecule has 0 aliphatic carbocycles. The Morgan fingerprint density at radius 2 is 0.873 bits per heavy atom. The Kier molecular flexibility index (Phi) is 11.5. The van der Waals surface area contributed by atoms with Gasteiger partial charge in [0, 0.05) is 37.4 Å². The van der Waals surface area contributed by atoms with E-state index in [9.17, 15) is 0 Å². The molecule has 55 heavy (non-hydrogen) atoms. The van der Waals surface area contributed by atoms with Crippen LogP contribution in [0.15, 0.2) is 187 Å². The lowest BCUT2D eigenvalue weighted by Gasteiger charge is -2.11. The van der Waals surface area contributed by atoms with Gasteiger partial charge in [0.15, 0.2) is 0 Å². The summed E-state index contributed by atoms with van der Waals surface area (Å²) >= 11 is 3.85. The van der Waals surface area contributed by atoms with Crippen LogP contribution in [0.1, 0.15) is 27.7 Å². The van der Waals surface area contributed by atoms with Crippen molar-refractivity contribution in [3.8, 4) is 39.4 Å². The van der Waals surface area contributed by atoms with Crippen molar-refractivity contribution in [1.29, 1.82) is 0 Å². The Morgan fingerprint density at radius 3 is 1.35 bits per heavy atom. The summed E-state index contributed by atoms with van der Waals surface area (Å²) in [4.78, 5) is 0. The Labute approximate surface area is 332 Å². The van der Waals surface area contributed by atoms with E-state index in [2.05, 4.69) is 171 Å². The van der Waals surface area contributed by atoms with E-state index in [1.54, 1.807) is 7.11 Å². The van der Waals surface area contributed by atoms with Crippen molar-refractivity contribution < 1.29 is 4.74 Å². The lowest BCUT2D eigenvalue weighted by atomic mass is 9.97. The Bertz CT molecular complexity index is 2780. The van der Waals surface area contributed by atoms with Crippen LogP contribution in [-0.2, 0) is 0 Å². The number of allylic oxidation sites excluding steroid dienone is 4. The van der Waals surface area contributed by atoms with Crippen LogP contribution >= 0.6 is 15.9 Å². The summed E-state index contributed by atoms with van der Waals surface area (Å²) in [5.41, 5.74) is 11.8. The second kappa shape index (κ2) is 16.9. The molecular weight excluding hydrogens is 736 g/mol. The first-order valence-corrected chi connectivity index (χ1v) is 19.7. The highest BCUT2D eigenvalue weighted by Gasteiger charge is 2.16. The minimum atomic E-state index is 0.850. The molecule has 7 aromatic carbocycles. The molecule has 0 atom stereocenters. The lowest BCUT2D eigenvalue weighted by molar-refractivity contribution is 0.415. The standard InChI is InChI=1S/C43H29BrN2O.C6H10.C2H6/c1-47-35-19-17-34(18-20-35)46-41-14-8-6-12-37(41)39-27-29(16-22-43(39)46)31-23-30(24-32(44)25-31)28-15-21-42-38(26-28)36-11-5-7-13-40(36)45(42)33-9-3-2-4-10-33;1-3-5-6-4-2;1-2/h2-27H,1H3;3-6H,1-2H3;1-2H3/b;5-3-,6-4-;. The average molecular weight is 782 g/mol. The summed E-state index contributed by atoms with van der Waals surface area (Å²) in [6.07, 6.45) is 8.00. The van der Waals surface area contributed by atoms with Crippen LogP contribution in [0.5, 0.6) is 5.75 Å². The molecule has 272 valence electrons. The molecule has 0 spiro atoms. The number of nitrogens with zero attached hydrogens (tertiary/aromatic N) is 2. The molecule has 0 N–H and O–H groups in total. The molecule has 9 aromatic rings. The zero-order chi connectivity index (χ0) is 38.3. The molecule has 0 aliphatic heterocycles. The smallest absolute Gasteiger partial charge is 0.119 e. The van der Waals surface area contributed by atoms with Gasteiger partial charge >= 0.3 is 0 Å². The van der Waals surface area contributed by atoms with E-state index < -0.39 is 0 Å². The molecule has 0 saturated heterocycles. The second-order valence-electron chi connectivity index (χ2n) is 13.0. The number of hydrogen-bond donors (Lipinski definition) is 0. The normalized spacial score (nSPS) is 11.3. The predicted molar refractivity (Wildman–Crippen MR) is 241 cm³/mol. The number of benzene rings is 7. The van der Waals surface area contributed by atoms with Crippen LogP contribution in [-0.4, -0.2) is 16.2 Å². The summed E-state index contributed by atoms with van der Waals surface area (Å²) in [6, 6.07) is 56.6. The first-order chi connectivity index (χ1) is 27.1.